The van der Waals surface area contributed by atoms with Gasteiger partial charge in [0, 0.05) is 43.1 Å². The third-order valence-electron chi connectivity index (χ3n) is 5.42. The first-order chi connectivity index (χ1) is 12.7. The van der Waals surface area contributed by atoms with E-state index in [4.69, 9.17) is 9.47 Å². The summed E-state index contributed by atoms with van der Waals surface area (Å²) in [4.78, 5) is 4.58. The predicted octanol–water partition coefficient (Wildman–Crippen LogP) is 3.50. The molecule has 0 atom stereocenters. The molecule has 0 radical (unpaired) electrons. The van der Waals surface area contributed by atoms with Gasteiger partial charge in [-0.1, -0.05) is 18.2 Å². The SMILES string of the molecule is COc1ccc2cc(-c3nccn3CC3(CO)CCOCC3)ccc2c1. The highest BCUT2D eigenvalue weighted by Crippen LogP contribution is 2.34. The van der Waals surface area contributed by atoms with Crippen LogP contribution in [0.5, 0.6) is 5.75 Å². The maximum absolute atomic E-state index is 9.99. The van der Waals surface area contributed by atoms with Gasteiger partial charge in [0.25, 0.3) is 0 Å². The Kier molecular flexibility index (Phi) is 4.66. The molecule has 0 saturated carbocycles. The molecule has 1 aliphatic heterocycles. The minimum Gasteiger partial charge on any atom is -0.497 e. The molecule has 0 spiro atoms. The fourth-order valence-corrected chi connectivity index (χ4v) is 3.72. The van der Waals surface area contributed by atoms with Crippen LogP contribution >= 0.6 is 0 Å². The van der Waals surface area contributed by atoms with E-state index in [-0.39, 0.29) is 12.0 Å². The molecule has 4 rings (SSSR count). The predicted molar refractivity (Wildman–Crippen MR) is 101 cm³/mol. The number of rotatable bonds is 5. The van der Waals surface area contributed by atoms with Gasteiger partial charge in [-0.25, -0.2) is 4.98 Å². The zero-order chi connectivity index (χ0) is 18.0. The monoisotopic (exact) mass is 352 g/mol. The lowest BCUT2D eigenvalue weighted by atomic mass is 9.81. The van der Waals surface area contributed by atoms with Crippen molar-refractivity contribution in [3.05, 3.63) is 48.8 Å². The first kappa shape index (κ1) is 17.1. The van der Waals surface area contributed by atoms with Crippen molar-refractivity contribution in [1.29, 1.82) is 0 Å². The van der Waals surface area contributed by atoms with Crippen LogP contribution in [0.25, 0.3) is 22.2 Å². The molecule has 5 heteroatoms. The van der Waals surface area contributed by atoms with Crippen LogP contribution in [-0.2, 0) is 11.3 Å². The molecule has 0 amide bonds. The number of imidazole rings is 1. The Morgan fingerprint density at radius 3 is 2.69 bits per heavy atom. The molecule has 1 aromatic heterocycles. The van der Waals surface area contributed by atoms with E-state index < -0.39 is 0 Å². The summed E-state index contributed by atoms with van der Waals surface area (Å²) in [5.74, 6) is 1.79. The van der Waals surface area contributed by atoms with Gasteiger partial charge in [0.15, 0.2) is 0 Å². The lowest BCUT2D eigenvalue weighted by Gasteiger charge is -2.36. The number of methoxy groups -OCH3 is 1. The van der Waals surface area contributed by atoms with Gasteiger partial charge in [0.1, 0.15) is 11.6 Å². The fraction of sp³-hybridized carbons (Fsp3) is 0.381. The number of ether oxygens (including phenoxy) is 2. The normalized spacial score (nSPS) is 16.7. The van der Waals surface area contributed by atoms with E-state index in [0.717, 1.165) is 47.3 Å². The van der Waals surface area contributed by atoms with E-state index in [1.165, 1.54) is 0 Å². The highest BCUT2D eigenvalue weighted by atomic mass is 16.5. The van der Waals surface area contributed by atoms with Gasteiger partial charge in [-0.15, -0.1) is 0 Å². The standard InChI is InChI=1S/C21H24N2O3/c1-25-19-5-4-16-12-18(3-2-17(16)13-19)20-22-8-9-23(20)14-21(15-24)6-10-26-11-7-21/h2-5,8-9,12-13,24H,6-7,10-11,14-15H2,1H3. The summed E-state index contributed by atoms with van der Waals surface area (Å²) < 4.78 is 12.9. The number of aliphatic hydroxyl groups excluding tert-OH is 1. The maximum atomic E-state index is 9.99. The minimum atomic E-state index is -0.127. The molecule has 0 bridgehead atoms. The van der Waals surface area contributed by atoms with E-state index in [0.29, 0.717) is 13.2 Å². The van der Waals surface area contributed by atoms with Crippen molar-refractivity contribution in [2.24, 2.45) is 5.41 Å². The Labute approximate surface area is 153 Å². The smallest absolute Gasteiger partial charge is 0.139 e. The molecule has 2 aromatic carbocycles. The van der Waals surface area contributed by atoms with E-state index in [2.05, 4.69) is 33.8 Å². The van der Waals surface area contributed by atoms with Crippen molar-refractivity contribution in [1.82, 2.24) is 9.55 Å². The van der Waals surface area contributed by atoms with Crippen molar-refractivity contribution in [3.8, 4) is 17.1 Å². The van der Waals surface area contributed by atoms with E-state index in [1.807, 2.05) is 24.5 Å². The number of hydrogen-bond donors (Lipinski definition) is 1. The number of hydrogen-bond acceptors (Lipinski definition) is 4. The van der Waals surface area contributed by atoms with Crippen molar-refractivity contribution in [2.45, 2.75) is 19.4 Å². The summed E-state index contributed by atoms with van der Waals surface area (Å²) in [5.41, 5.74) is 0.950. The van der Waals surface area contributed by atoms with Crippen LogP contribution in [0.15, 0.2) is 48.8 Å². The first-order valence-corrected chi connectivity index (χ1v) is 9.01. The molecule has 1 N–H and O–H groups in total. The van der Waals surface area contributed by atoms with Crippen LogP contribution in [0.3, 0.4) is 0 Å². The summed E-state index contributed by atoms with van der Waals surface area (Å²) >= 11 is 0. The van der Waals surface area contributed by atoms with Gasteiger partial charge in [0.05, 0.1) is 13.7 Å². The topological polar surface area (TPSA) is 56.5 Å². The van der Waals surface area contributed by atoms with Crippen LogP contribution in [0.1, 0.15) is 12.8 Å². The highest BCUT2D eigenvalue weighted by molar-refractivity contribution is 5.87. The molecule has 136 valence electrons. The molecule has 0 aliphatic carbocycles. The van der Waals surface area contributed by atoms with E-state index >= 15 is 0 Å². The van der Waals surface area contributed by atoms with Gasteiger partial charge in [-0.3, -0.25) is 0 Å². The summed E-state index contributed by atoms with van der Waals surface area (Å²) in [6.45, 7) is 2.35. The average molecular weight is 352 g/mol. The average Bonchev–Trinajstić information content (AvgIpc) is 3.15. The Morgan fingerprint density at radius 1 is 1.15 bits per heavy atom. The lowest BCUT2D eigenvalue weighted by molar-refractivity contribution is -0.0250. The molecule has 1 fully saturated rings. The summed E-state index contributed by atoms with van der Waals surface area (Å²) in [6.07, 6.45) is 5.58. The van der Waals surface area contributed by atoms with Gasteiger partial charge < -0.3 is 19.1 Å². The number of aliphatic hydroxyl groups is 1. The zero-order valence-electron chi connectivity index (χ0n) is 15.0. The maximum Gasteiger partial charge on any atom is 0.139 e. The van der Waals surface area contributed by atoms with E-state index in [1.54, 1.807) is 7.11 Å². The molecule has 5 nitrogen and oxygen atoms in total. The van der Waals surface area contributed by atoms with Gasteiger partial charge in [-0.05, 0) is 41.8 Å². The second-order valence-electron chi connectivity index (χ2n) is 7.08. The molecular formula is C21H24N2O3. The summed E-state index contributed by atoms with van der Waals surface area (Å²) in [6, 6.07) is 12.4. The van der Waals surface area contributed by atoms with Crippen molar-refractivity contribution in [3.63, 3.8) is 0 Å². The van der Waals surface area contributed by atoms with Crippen molar-refractivity contribution < 1.29 is 14.6 Å². The molecular weight excluding hydrogens is 328 g/mol. The minimum absolute atomic E-state index is 0.127. The third kappa shape index (κ3) is 3.20. The zero-order valence-corrected chi connectivity index (χ0v) is 15.0. The second-order valence-corrected chi connectivity index (χ2v) is 7.08. The number of nitrogens with zero attached hydrogens (tertiary/aromatic N) is 2. The van der Waals surface area contributed by atoms with Crippen LogP contribution in [0.2, 0.25) is 0 Å². The van der Waals surface area contributed by atoms with Gasteiger partial charge in [-0.2, -0.15) is 0 Å². The van der Waals surface area contributed by atoms with Crippen LogP contribution in [0.4, 0.5) is 0 Å². The quantitative estimate of drug-likeness (QED) is 0.763. The number of benzene rings is 2. The fourth-order valence-electron chi connectivity index (χ4n) is 3.72. The number of aromatic nitrogens is 2. The molecule has 1 saturated heterocycles. The first-order valence-electron chi connectivity index (χ1n) is 9.01. The second kappa shape index (κ2) is 7.09. The van der Waals surface area contributed by atoms with Crippen molar-refractivity contribution in [2.75, 3.05) is 26.9 Å². The molecule has 3 aromatic rings. The molecule has 2 heterocycles. The van der Waals surface area contributed by atoms with E-state index in [9.17, 15) is 5.11 Å². The Hall–Kier alpha value is -2.37. The Morgan fingerprint density at radius 2 is 1.92 bits per heavy atom. The third-order valence-corrected chi connectivity index (χ3v) is 5.42. The number of fused-ring (bicyclic) bond motifs is 1. The largest absolute Gasteiger partial charge is 0.497 e. The molecule has 1 aliphatic rings. The Balaban J connectivity index is 1.67. The lowest BCUT2D eigenvalue weighted by Crippen LogP contribution is -2.37. The van der Waals surface area contributed by atoms with Crippen LogP contribution < -0.4 is 4.74 Å². The summed E-state index contributed by atoms with van der Waals surface area (Å²) in [5, 5.41) is 12.3. The summed E-state index contributed by atoms with van der Waals surface area (Å²) in [7, 11) is 1.68. The van der Waals surface area contributed by atoms with Gasteiger partial charge >= 0.3 is 0 Å². The van der Waals surface area contributed by atoms with Crippen LogP contribution in [-0.4, -0.2) is 41.6 Å². The van der Waals surface area contributed by atoms with Crippen LogP contribution in [0, 0.1) is 5.41 Å². The molecule has 0 unspecified atom stereocenters. The molecule has 26 heavy (non-hydrogen) atoms. The highest BCUT2D eigenvalue weighted by Gasteiger charge is 2.33. The van der Waals surface area contributed by atoms with Crippen molar-refractivity contribution >= 4 is 10.8 Å². The van der Waals surface area contributed by atoms with Gasteiger partial charge in [0.2, 0.25) is 0 Å². The Bertz CT molecular complexity index is 897.